The molecule has 1 atom stereocenters. The maximum atomic E-state index is 6.31. The molecule has 0 radical (unpaired) electrons. The van der Waals surface area contributed by atoms with E-state index in [1.165, 1.54) is 0 Å². The highest BCUT2D eigenvalue weighted by atomic mass is 35.5. The number of halogens is 2. The summed E-state index contributed by atoms with van der Waals surface area (Å²) in [5.74, 6) is 1.66. The van der Waals surface area contributed by atoms with Crippen molar-refractivity contribution in [3.8, 4) is 11.5 Å². The van der Waals surface area contributed by atoms with Crippen LogP contribution in [-0.4, -0.2) is 0 Å². The molecule has 3 aromatic carbocycles. The third-order valence-electron chi connectivity index (χ3n) is 3.99. The Balaban J connectivity index is 1.72. The number of hydrogen-bond donors (Lipinski definition) is 1. The predicted octanol–water partition coefficient (Wildman–Crippen LogP) is 6.64. The highest BCUT2D eigenvalue weighted by Crippen LogP contribution is 2.30. The average molecular weight is 372 g/mol. The highest BCUT2D eigenvalue weighted by Gasteiger charge is 2.12. The van der Waals surface area contributed by atoms with E-state index in [-0.39, 0.29) is 6.04 Å². The summed E-state index contributed by atoms with van der Waals surface area (Å²) in [5, 5.41) is 4.65. The van der Waals surface area contributed by atoms with Crippen LogP contribution >= 0.6 is 23.2 Å². The van der Waals surface area contributed by atoms with E-state index in [2.05, 4.69) is 18.3 Å². The molecule has 4 heteroatoms. The van der Waals surface area contributed by atoms with Gasteiger partial charge >= 0.3 is 0 Å². The van der Waals surface area contributed by atoms with Crippen molar-refractivity contribution in [2.45, 2.75) is 19.5 Å². The highest BCUT2D eigenvalue weighted by molar-refractivity contribution is 6.42. The molecule has 0 bridgehead atoms. The molecule has 25 heavy (non-hydrogen) atoms. The normalized spacial score (nSPS) is 12.0. The minimum absolute atomic E-state index is 0.0657. The van der Waals surface area contributed by atoms with Crippen LogP contribution in [0.2, 0.25) is 10.0 Å². The summed E-state index contributed by atoms with van der Waals surface area (Å²) in [6, 6.07) is 23.5. The van der Waals surface area contributed by atoms with Crippen molar-refractivity contribution in [2.24, 2.45) is 0 Å². The van der Waals surface area contributed by atoms with Crippen LogP contribution in [0.1, 0.15) is 24.1 Å². The summed E-state index contributed by atoms with van der Waals surface area (Å²) in [5.41, 5.74) is 2.06. The van der Waals surface area contributed by atoms with E-state index in [0.29, 0.717) is 16.6 Å². The fourth-order valence-corrected chi connectivity index (χ4v) is 3.06. The van der Waals surface area contributed by atoms with Crippen LogP contribution in [-0.2, 0) is 6.54 Å². The summed E-state index contributed by atoms with van der Waals surface area (Å²) in [6.45, 7) is 2.73. The first-order chi connectivity index (χ1) is 12.1. The zero-order chi connectivity index (χ0) is 17.6. The molecule has 128 valence electrons. The lowest BCUT2D eigenvalue weighted by molar-refractivity contribution is 0.468. The number of hydrogen-bond acceptors (Lipinski definition) is 2. The van der Waals surface area contributed by atoms with Crippen LogP contribution < -0.4 is 10.1 Å². The molecule has 0 saturated carbocycles. The van der Waals surface area contributed by atoms with E-state index in [0.717, 1.165) is 22.6 Å². The molecule has 3 rings (SSSR count). The average Bonchev–Trinajstić information content (AvgIpc) is 2.64. The molecular formula is C21H19Cl2NO. The number of ether oxygens (including phenoxy) is 1. The molecule has 2 nitrogen and oxygen atoms in total. The molecule has 3 aromatic rings. The van der Waals surface area contributed by atoms with Gasteiger partial charge in [0.25, 0.3) is 0 Å². The first kappa shape index (κ1) is 17.8. The van der Waals surface area contributed by atoms with Crippen molar-refractivity contribution in [1.29, 1.82) is 0 Å². The lowest BCUT2D eigenvalue weighted by Gasteiger charge is -2.18. The summed E-state index contributed by atoms with van der Waals surface area (Å²) in [6.07, 6.45) is 0. The number of nitrogens with one attached hydrogen (secondary N) is 1. The zero-order valence-electron chi connectivity index (χ0n) is 13.9. The Morgan fingerprint density at radius 2 is 1.60 bits per heavy atom. The SMILES string of the molecule is CC(NCc1ccccc1Oc1ccccc1)c1cccc(Cl)c1Cl. The second-order valence-corrected chi connectivity index (χ2v) is 6.55. The molecule has 0 amide bonds. The van der Waals surface area contributed by atoms with Crippen molar-refractivity contribution >= 4 is 23.2 Å². The second-order valence-electron chi connectivity index (χ2n) is 5.77. The van der Waals surface area contributed by atoms with Crippen LogP contribution in [0.3, 0.4) is 0 Å². The van der Waals surface area contributed by atoms with Gasteiger partial charge in [-0.05, 0) is 36.8 Å². The number of para-hydroxylation sites is 2. The van der Waals surface area contributed by atoms with Gasteiger partial charge in [0.2, 0.25) is 0 Å². The van der Waals surface area contributed by atoms with Gasteiger partial charge in [0.05, 0.1) is 10.0 Å². The van der Waals surface area contributed by atoms with Gasteiger partial charge in [-0.15, -0.1) is 0 Å². The lowest BCUT2D eigenvalue weighted by atomic mass is 10.1. The van der Waals surface area contributed by atoms with Crippen LogP contribution in [0.5, 0.6) is 11.5 Å². The minimum atomic E-state index is 0.0657. The molecule has 0 aliphatic rings. The van der Waals surface area contributed by atoms with Crippen molar-refractivity contribution in [1.82, 2.24) is 5.32 Å². The quantitative estimate of drug-likeness (QED) is 0.524. The Morgan fingerprint density at radius 1 is 0.880 bits per heavy atom. The molecule has 0 heterocycles. The van der Waals surface area contributed by atoms with Gasteiger partial charge in [-0.3, -0.25) is 0 Å². The third-order valence-corrected chi connectivity index (χ3v) is 4.82. The summed E-state index contributed by atoms with van der Waals surface area (Å²) >= 11 is 12.4. The standard InChI is InChI=1S/C21H19Cl2NO/c1-15(18-11-7-12-19(22)21(18)23)24-14-16-8-5-6-13-20(16)25-17-9-3-2-4-10-17/h2-13,15,24H,14H2,1H3. The molecule has 1 N–H and O–H groups in total. The van der Waals surface area contributed by atoms with Crippen molar-refractivity contribution in [2.75, 3.05) is 0 Å². The Bertz CT molecular complexity index is 836. The maximum Gasteiger partial charge on any atom is 0.131 e. The third kappa shape index (κ3) is 4.55. The van der Waals surface area contributed by atoms with Gasteiger partial charge in [0, 0.05) is 18.2 Å². The predicted molar refractivity (Wildman–Crippen MR) is 105 cm³/mol. The number of benzene rings is 3. The summed E-state index contributed by atoms with van der Waals surface area (Å²) in [4.78, 5) is 0. The van der Waals surface area contributed by atoms with Crippen molar-refractivity contribution in [3.63, 3.8) is 0 Å². The Labute approximate surface area is 158 Å². The number of rotatable bonds is 6. The minimum Gasteiger partial charge on any atom is -0.457 e. The first-order valence-corrected chi connectivity index (χ1v) is 8.89. The van der Waals surface area contributed by atoms with Gasteiger partial charge in [0.15, 0.2) is 0 Å². The van der Waals surface area contributed by atoms with E-state index in [4.69, 9.17) is 27.9 Å². The van der Waals surface area contributed by atoms with Crippen molar-refractivity contribution < 1.29 is 4.74 Å². The smallest absolute Gasteiger partial charge is 0.131 e. The first-order valence-electron chi connectivity index (χ1n) is 8.13. The molecule has 0 aromatic heterocycles. The molecule has 0 aliphatic carbocycles. The van der Waals surface area contributed by atoms with E-state index in [9.17, 15) is 0 Å². The van der Waals surface area contributed by atoms with Gasteiger partial charge in [-0.1, -0.05) is 71.7 Å². The van der Waals surface area contributed by atoms with Crippen LogP contribution in [0, 0.1) is 0 Å². The van der Waals surface area contributed by atoms with E-state index in [1.807, 2.05) is 60.7 Å². The summed E-state index contributed by atoms with van der Waals surface area (Å²) < 4.78 is 6.00. The molecular weight excluding hydrogens is 353 g/mol. The van der Waals surface area contributed by atoms with E-state index in [1.54, 1.807) is 6.07 Å². The topological polar surface area (TPSA) is 21.3 Å². The van der Waals surface area contributed by atoms with Crippen LogP contribution in [0.4, 0.5) is 0 Å². The molecule has 0 fully saturated rings. The van der Waals surface area contributed by atoms with Gasteiger partial charge < -0.3 is 10.1 Å². The Kier molecular flexibility index (Phi) is 5.98. The fourth-order valence-electron chi connectivity index (χ4n) is 2.59. The molecule has 0 spiro atoms. The fraction of sp³-hybridized carbons (Fsp3) is 0.143. The van der Waals surface area contributed by atoms with Crippen molar-refractivity contribution in [3.05, 3.63) is 94.0 Å². The Morgan fingerprint density at radius 3 is 2.40 bits per heavy atom. The van der Waals surface area contributed by atoms with E-state index < -0.39 is 0 Å². The molecule has 0 saturated heterocycles. The van der Waals surface area contributed by atoms with Gasteiger partial charge in [0.1, 0.15) is 11.5 Å². The molecule has 1 unspecified atom stereocenters. The lowest BCUT2D eigenvalue weighted by Crippen LogP contribution is -2.18. The largest absolute Gasteiger partial charge is 0.457 e. The second kappa shape index (κ2) is 8.39. The molecule has 0 aliphatic heterocycles. The monoisotopic (exact) mass is 371 g/mol. The van der Waals surface area contributed by atoms with Gasteiger partial charge in [-0.2, -0.15) is 0 Å². The van der Waals surface area contributed by atoms with Crippen LogP contribution in [0.25, 0.3) is 0 Å². The van der Waals surface area contributed by atoms with E-state index >= 15 is 0 Å². The maximum absolute atomic E-state index is 6.31. The van der Waals surface area contributed by atoms with Gasteiger partial charge in [-0.25, -0.2) is 0 Å². The summed E-state index contributed by atoms with van der Waals surface area (Å²) in [7, 11) is 0. The Hall–Kier alpha value is -2.00. The van der Waals surface area contributed by atoms with Crippen LogP contribution in [0.15, 0.2) is 72.8 Å². The zero-order valence-corrected chi connectivity index (χ0v) is 15.4.